The van der Waals surface area contributed by atoms with E-state index in [0.717, 1.165) is 25.1 Å². The van der Waals surface area contributed by atoms with Gasteiger partial charge in [0.05, 0.1) is 0 Å². The highest BCUT2D eigenvalue weighted by molar-refractivity contribution is 5.28. The maximum atomic E-state index is 14.6. The van der Waals surface area contributed by atoms with Gasteiger partial charge in [0.15, 0.2) is 0 Å². The van der Waals surface area contributed by atoms with Crippen LogP contribution in [0.5, 0.6) is 0 Å². The minimum Gasteiger partial charge on any atom is -0.328 e. The van der Waals surface area contributed by atoms with Crippen molar-refractivity contribution in [1.82, 2.24) is 5.32 Å². The van der Waals surface area contributed by atoms with Gasteiger partial charge in [0.25, 0.3) is 0 Å². The molecule has 1 aliphatic heterocycles. The molecule has 1 heterocycles. The van der Waals surface area contributed by atoms with E-state index in [1.165, 1.54) is 5.56 Å². The Morgan fingerprint density at radius 1 is 1.29 bits per heavy atom. The highest BCUT2D eigenvalue weighted by Gasteiger charge is 2.33. The number of halogens is 1. The van der Waals surface area contributed by atoms with E-state index >= 15 is 0 Å². The molecule has 1 aliphatic rings. The van der Waals surface area contributed by atoms with Gasteiger partial charge in [-0.1, -0.05) is 24.3 Å². The first-order valence-corrected chi connectivity index (χ1v) is 6.35. The number of benzene rings is 1. The van der Waals surface area contributed by atoms with E-state index in [2.05, 4.69) is 5.32 Å². The van der Waals surface area contributed by atoms with E-state index in [1.54, 1.807) is 0 Å². The summed E-state index contributed by atoms with van der Waals surface area (Å²) in [5.41, 5.74) is 6.60. The Hall–Kier alpha value is -0.930. The molecule has 94 valence electrons. The molecule has 0 radical (unpaired) electrons. The van der Waals surface area contributed by atoms with Crippen molar-refractivity contribution < 1.29 is 4.39 Å². The molecule has 3 N–H and O–H groups in total. The topological polar surface area (TPSA) is 38.0 Å². The van der Waals surface area contributed by atoms with Gasteiger partial charge in [0.2, 0.25) is 0 Å². The molecule has 0 amide bonds. The van der Waals surface area contributed by atoms with Crippen LogP contribution >= 0.6 is 0 Å². The zero-order valence-electron chi connectivity index (χ0n) is 10.4. The zero-order chi connectivity index (χ0) is 12.3. The minimum absolute atomic E-state index is 0.152. The summed E-state index contributed by atoms with van der Waals surface area (Å²) in [5, 5.41) is 3.19. The fourth-order valence-electron chi connectivity index (χ4n) is 2.42. The average molecular weight is 236 g/mol. The quantitative estimate of drug-likeness (QED) is 0.843. The molecule has 1 saturated heterocycles. The highest BCUT2D eigenvalue weighted by atomic mass is 19.1. The fraction of sp³-hybridized carbons (Fsp3) is 0.571. The van der Waals surface area contributed by atoms with Gasteiger partial charge in [-0.3, -0.25) is 0 Å². The summed E-state index contributed by atoms with van der Waals surface area (Å²) in [7, 11) is 0. The lowest BCUT2D eigenvalue weighted by Crippen LogP contribution is -2.36. The van der Waals surface area contributed by atoms with Crippen LogP contribution in [0.3, 0.4) is 0 Å². The monoisotopic (exact) mass is 236 g/mol. The Morgan fingerprint density at radius 3 is 2.41 bits per heavy atom. The standard InChI is InChI=1S/C14H21FN2/c1-11(16)10-12-2-4-13(5-3-12)14(15)6-8-17-9-7-14/h2-5,11,17H,6-10,16H2,1H3. The summed E-state index contributed by atoms with van der Waals surface area (Å²) >= 11 is 0. The van der Waals surface area contributed by atoms with Crippen LogP contribution in [0.2, 0.25) is 0 Å². The van der Waals surface area contributed by atoms with Crippen LogP contribution in [-0.4, -0.2) is 19.1 Å². The Morgan fingerprint density at radius 2 is 1.88 bits per heavy atom. The van der Waals surface area contributed by atoms with Gasteiger partial charge >= 0.3 is 0 Å². The van der Waals surface area contributed by atoms with Crippen molar-refractivity contribution in [3.05, 3.63) is 35.4 Å². The number of hydrogen-bond donors (Lipinski definition) is 2. The third-order valence-electron chi connectivity index (χ3n) is 3.43. The lowest BCUT2D eigenvalue weighted by molar-refractivity contribution is 0.115. The van der Waals surface area contributed by atoms with Crippen LogP contribution in [0.25, 0.3) is 0 Å². The maximum absolute atomic E-state index is 14.6. The SMILES string of the molecule is CC(N)Cc1ccc(C2(F)CCNCC2)cc1. The molecule has 0 spiro atoms. The number of hydrogen-bond acceptors (Lipinski definition) is 2. The van der Waals surface area contributed by atoms with Crippen molar-refractivity contribution >= 4 is 0 Å². The van der Waals surface area contributed by atoms with Crippen LogP contribution < -0.4 is 11.1 Å². The van der Waals surface area contributed by atoms with Crippen molar-refractivity contribution in [2.75, 3.05) is 13.1 Å². The number of rotatable bonds is 3. The summed E-state index contributed by atoms with van der Waals surface area (Å²) in [6, 6.07) is 8.00. The summed E-state index contributed by atoms with van der Waals surface area (Å²) < 4.78 is 14.6. The van der Waals surface area contributed by atoms with E-state index in [0.29, 0.717) is 12.8 Å². The average Bonchev–Trinajstić information content (AvgIpc) is 2.30. The van der Waals surface area contributed by atoms with Crippen molar-refractivity contribution in [3.8, 4) is 0 Å². The predicted octanol–water partition coefficient (Wildman–Crippen LogP) is 2.12. The van der Waals surface area contributed by atoms with Crippen molar-refractivity contribution in [3.63, 3.8) is 0 Å². The fourth-order valence-corrected chi connectivity index (χ4v) is 2.42. The Bertz CT molecular complexity index is 353. The molecule has 3 heteroatoms. The van der Waals surface area contributed by atoms with E-state index in [-0.39, 0.29) is 6.04 Å². The molecule has 0 aromatic heterocycles. The van der Waals surface area contributed by atoms with Crippen LogP contribution in [0.1, 0.15) is 30.9 Å². The normalized spacial score (nSPS) is 21.1. The molecular weight excluding hydrogens is 215 g/mol. The van der Waals surface area contributed by atoms with E-state index < -0.39 is 5.67 Å². The second kappa shape index (κ2) is 5.15. The Kier molecular flexibility index (Phi) is 3.79. The summed E-state index contributed by atoms with van der Waals surface area (Å²) in [6.45, 7) is 3.51. The summed E-state index contributed by atoms with van der Waals surface area (Å²) in [5.74, 6) is 0. The van der Waals surface area contributed by atoms with Gasteiger partial charge in [0, 0.05) is 6.04 Å². The van der Waals surface area contributed by atoms with E-state index in [9.17, 15) is 4.39 Å². The minimum atomic E-state index is -1.14. The lowest BCUT2D eigenvalue weighted by Gasteiger charge is -2.30. The van der Waals surface area contributed by atoms with E-state index in [4.69, 9.17) is 5.73 Å². The smallest absolute Gasteiger partial charge is 0.138 e. The van der Waals surface area contributed by atoms with Crippen LogP contribution in [-0.2, 0) is 12.1 Å². The van der Waals surface area contributed by atoms with Crippen molar-refractivity contribution in [2.24, 2.45) is 5.73 Å². The second-order valence-electron chi connectivity index (χ2n) is 5.09. The Balaban J connectivity index is 2.11. The molecule has 1 atom stereocenters. The molecular formula is C14H21FN2. The summed E-state index contributed by atoms with van der Waals surface area (Å²) in [6.07, 6.45) is 1.99. The van der Waals surface area contributed by atoms with Crippen LogP contribution in [0.15, 0.2) is 24.3 Å². The van der Waals surface area contributed by atoms with Crippen molar-refractivity contribution in [1.29, 1.82) is 0 Å². The third kappa shape index (κ3) is 3.05. The highest BCUT2D eigenvalue weighted by Crippen LogP contribution is 2.34. The molecule has 0 bridgehead atoms. The zero-order valence-corrected chi connectivity index (χ0v) is 10.4. The molecule has 2 nitrogen and oxygen atoms in total. The van der Waals surface area contributed by atoms with E-state index in [1.807, 2.05) is 31.2 Å². The molecule has 0 saturated carbocycles. The first-order chi connectivity index (χ1) is 8.10. The first kappa shape index (κ1) is 12.5. The first-order valence-electron chi connectivity index (χ1n) is 6.35. The van der Waals surface area contributed by atoms with Gasteiger partial charge in [-0.2, -0.15) is 0 Å². The summed E-state index contributed by atoms with van der Waals surface area (Å²) in [4.78, 5) is 0. The predicted molar refractivity (Wildman–Crippen MR) is 68.7 cm³/mol. The molecule has 17 heavy (non-hydrogen) atoms. The van der Waals surface area contributed by atoms with Crippen LogP contribution in [0.4, 0.5) is 4.39 Å². The molecule has 1 aromatic carbocycles. The van der Waals surface area contributed by atoms with Gasteiger partial charge in [0.1, 0.15) is 5.67 Å². The van der Waals surface area contributed by atoms with Gasteiger partial charge in [-0.05, 0) is 50.4 Å². The molecule has 1 fully saturated rings. The van der Waals surface area contributed by atoms with Crippen molar-refractivity contribution in [2.45, 2.75) is 37.9 Å². The number of piperidine rings is 1. The number of nitrogens with two attached hydrogens (primary N) is 1. The van der Waals surface area contributed by atoms with Gasteiger partial charge in [-0.25, -0.2) is 4.39 Å². The number of alkyl halides is 1. The third-order valence-corrected chi connectivity index (χ3v) is 3.43. The van der Waals surface area contributed by atoms with Gasteiger partial charge in [-0.15, -0.1) is 0 Å². The Labute approximate surface area is 102 Å². The molecule has 0 aliphatic carbocycles. The largest absolute Gasteiger partial charge is 0.328 e. The maximum Gasteiger partial charge on any atom is 0.138 e. The molecule has 2 rings (SSSR count). The lowest BCUT2D eigenvalue weighted by atomic mass is 9.86. The number of nitrogens with one attached hydrogen (secondary N) is 1. The second-order valence-corrected chi connectivity index (χ2v) is 5.09. The molecule has 1 aromatic rings. The van der Waals surface area contributed by atoms with Crippen LogP contribution in [0, 0.1) is 0 Å². The molecule has 1 unspecified atom stereocenters. The van der Waals surface area contributed by atoms with Gasteiger partial charge < -0.3 is 11.1 Å².